The molecule has 55 heavy (non-hydrogen) atoms. The summed E-state index contributed by atoms with van der Waals surface area (Å²) in [6.07, 6.45) is 0. The Morgan fingerprint density at radius 2 is 0.818 bits per heavy atom. The van der Waals surface area contributed by atoms with Crippen LogP contribution in [0.25, 0.3) is 76.8 Å². The number of rotatable bonds is 7. The number of nitrogens with zero attached hydrogens (tertiary/aromatic N) is 1. The van der Waals surface area contributed by atoms with Gasteiger partial charge in [-0.1, -0.05) is 188 Å². The molecule has 258 valence electrons. The van der Waals surface area contributed by atoms with Crippen molar-refractivity contribution in [3.8, 4) is 44.5 Å². The predicted octanol–water partition coefficient (Wildman–Crippen LogP) is 15.3. The highest BCUT2D eigenvalue weighted by Gasteiger charge is 2.16. The Bertz CT molecular complexity index is 3380. The van der Waals surface area contributed by atoms with E-state index in [1.807, 2.05) is 133 Å². The molecule has 0 aromatic heterocycles. The Morgan fingerprint density at radius 3 is 1.55 bits per heavy atom. The van der Waals surface area contributed by atoms with Crippen LogP contribution < -0.4 is 4.90 Å². The first kappa shape index (κ1) is 24.9. The van der Waals surface area contributed by atoms with Crippen molar-refractivity contribution in [2.45, 2.75) is 0 Å². The smallest absolute Gasteiger partial charge is 0.0645 e. The zero-order valence-electron chi connectivity index (χ0n) is 37.7. The van der Waals surface area contributed by atoms with Crippen molar-refractivity contribution in [3.05, 3.63) is 224 Å². The van der Waals surface area contributed by atoms with Crippen LogP contribution in [0.4, 0.5) is 17.1 Å². The van der Waals surface area contributed by atoms with Gasteiger partial charge >= 0.3 is 0 Å². The molecule has 0 saturated carbocycles. The van der Waals surface area contributed by atoms with Crippen molar-refractivity contribution in [2.24, 2.45) is 0 Å². The van der Waals surface area contributed by atoms with Gasteiger partial charge in [-0.25, -0.2) is 0 Å². The SMILES string of the molecule is [2H]c1c([2H])c(N(c2ccc3ccccc3c2)c2c([2H])c([2H])c(-c3c(-c4ccccc4)ccc4ccccc34)c([2H])c2[2H])c([2H])c([2H])c1-c1ccc(-c2cccc3ccccc23)cc1. The van der Waals surface area contributed by atoms with Gasteiger partial charge in [0.15, 0.2) is 0 Å². The first-order valence-corrected chi connectivity index (χ1v) is 18.3. The molecule has 0 unspecified atom stereocenters. The lowest BCUT2D eigenvalue weighted by Gasteiger charge is -2.26. The van der Waals surface area contributed by atoms with Gasteiger partial charge in [0, 0.05) is 17.1 Å². The largest absolute Gasteiger partial charge is 0.310 e. The molecule has 0 aliphatic heterocycles. The summed E-state index contributed by atoms with van der Waals surface area (Å²) in [5.74, 6) is 0. The molecule has 0 bridgehead atoms. The summed E-state index contributed by atoms with van der Waals surface area (Å²) >= 11 is 0. The fourth-order valence-corrected chi connectivity index (χ4v) is 7.48. The van der Waals surface area contributed by atoms with Crippen LogP contribution in [0.5, 0.6) is 0 Å². The van der Waals surface area contributed by atoms with Crippen LogP contribution in [0.3, 0.4) is 0 Å². The van der Waals surface area contributed by atoms with E-state index in [9.17, 15) is 11.0 Å². The fraction of sp³-hybridized carbons (Fsp3) is 0. The standard InChI is InChI=1S/C54H37N/c1-2-12-42(13-3-1)53-36-30-43-15-7-9-19-52(43)54(53)45-28-33-48(34-29-45)55(49-35-27-38-11-4-5-16-46(38)37-49)47-31-25-40(26-32-47)39-21-23-44(24-22-39)51-20-10-17-41-14-6-8-18-50(41)51/h1-37H/i25D,26D,28D,29D,31D,32D,33D,34D. The molecule has 0 spiro atoms. The average molecular weight is 708 g/mol. The van der Waals surface area contributed by atoms with Crippen molar-refractivity contribution in [2.75, 3.05) is 4.90 Å². The number of hydrogen-bond acceptors (Lipinski definition) is 1. The topological polar surface area (TPSA) is 3.24 Å². The molecule has 0 N–H and O–H groups in total. The predicted molar refractivity (Wildman–Crippen MR) is 235 cm³/mol. The molecule has 10 aromatic carbocycles. The third-order valence-electron chi connectivity index (χ3n) is 10.2. The van der Waals surface area contributed by atoms with E-state index in [0.717, 1.165) is 54.6 Å². The fourth-order valence-electron chi connectivity index (χ4n) is 7.48. The summed E-state index contributed by atoms with van der Waals surface area (Å²) in [5, 5.41) is 5.53. The quantitative estimate of drug-likeness (QED) is 0.159. The summed E-state index contributed by atoms with van der Waals surface area (Å²) in [7, 11) is 0. The minimum Gasteiger partial charge on any atom is -0.310 e. The summed E-state index contributed by atoms with van der Waals surface area (Å²) in [6, 6.07) is 53.2. The summed E-state index contributed by atoms with van der Waals surface area (Å²) in [6.45, 7) is 0. The van der Waals surface area contributed by atoms with Crippen molar-refractivity contribution < 1.29 is 11.0 Å². The van der Waals surface area contributed by atoms with E-state index in [2.05, 4.69) is 18.2 Å². The molecule has 10 aromatic rings. The average Bonchev–Trinajstić information content (AvgIpc) is 3.32. The molecular weight excluding hydrogens is 663 g/mol. The monoisotopic (exact) mass is 707 g/mol. The molecule has 0 amide bonds. The Balaban J connectivity index is 1.19. The molecule has 0 saturated heterocycles. The molecule has 0 heterocycles. The van der Waals surface area contributed by atoms with Crippen molar-refractivity contribution in [3.63, 3.8) is 0 Å². The van der Waals surface area contributed by atoms with Crippen LogP contribution in [0.15, 0.2) is 224 Å². The summed E-state index contributed by atoms with van der Waals surface area (Å²) in [4.78, 5) is 1.37. The van der Waals surface area contributed by atoms with Crippen LogP contribution >= 0.6 is 0 Å². The maximum Gasteiger partial charge on any atom is 0.0645 e. The second-order valence-electron chi connectivity index (χ2n) is 13.5. The normalized spacial score (nSPS) is 13.3. The van der Waals surface area contributed by atoms with Crippen molar-refractivity contribution in [1.29, 1.82) is 0 Å². The number of fused-ring (bicyclic) bond motifs is 3. The van der Waals surface area contributed by atoms with Gasteiger partial charge in [-0.15, -0.1) is 0 Å². The van der Waals surface area contributed by atoms with E-state index in [0.29, 0.717) is 16.8 Å². The number of hydrogen-bond donors (Lipinski definition) is 0. The van der Waals surface area contributed by atoms with E-state index in [4.69, 9.17) is 0 Å². The highest BCUT2D eigenvalue weighted by Crippen LogP contribution is 2.42. The zero-order valence-corrected chi connectivity index (χ0v) is 29.7. The van der Waals surface area contributed by atoms with Gasteiger partial charge in [0.25, 0.3) is 0 Å². The Hall–Kier alpha value is -7.22. The number of anilines is 3. The molecule has 0 aliphatic carbocycles. The van der Waals surface area contributed by atoms with Gasteiger partial charge in [0.1, 0.15) is 0 Å². The van der Waals surface area contributed by atoms with E-state index in [1.54, 1.807) is 24.3 Å². The molecule has 0 fully saturated rings. The third kappa shape index (κ3) is 6.12. The van der Waals surface area contributed by atoms with Crippen LogP contribution in [-0.4, -0.2) is 0 Å². The van der Waals surface area contributed by atoms with Crippen LogP contribution in [-0.2, 0) is 0 Å². The van der Waals surface area contributed by atoms with Gasteiger partial charge in [-0.3, -0.25) is 0 Å². The lowest BCUT2D eigenvalue weighted by Crippen LogP contribution is -2.09. The second kappa shape index (κ2) is 14.0. The Morgan fingerprint density at radius 1 is 0.291 bits per heavy atom. The molecule has 10 rings (SSSR count). The molecule has 1 heteroatoms. The first-order chi connectivity index (χ1) is 30.6. The van der Waals surface area contributed by atoms with E-state index in [-0.39, 0.29) is 46.7 Å². The van der Waals surface area contributed by atoms with Gasteiger partial charge in [0.05, 0.1) is 11.0 Å². The van der Waals surface area contributed by atoms with Gasteiger partial charge in [-0.05, 0) is 113 Å². The van der Waals surface area contributed by atoms with Gasteiger partial charge in [-0.2, -0.15) is 0 Å². The Labute approximate surface area is 333 Å². The minimum atomic E-state index is -0.393. The zero-order chi connectivity index (χ0) is 43.5. The number of benzene rings is 10. The highest BCUT2D eigenvalue weighted by molar-refractivity contribution is 6.04. The first-order valence-electron chi connectivity index (χ1n) is 22.3. The third-order valence-corrected chi connectivity index (χ3v) is 10.2. The van der Waals surface area contributed by atoms with E-state index in [1.165, 1.54) is 4.90 Å². The lowest BCUT2D eigenvalue weighted by molar-refractivity contribution is 1.29. The molecule has 0 aliphatic rings. The minimum absolute atomic E-state index is 0.107. The second-order valence-corrected chi connectivity index (χ2v) is 13.5. The van der Waals surface area contributed by atoms with Crippen LogP contribution in [0, 0.1) is 0 Å². The Kier molecular flexibility index (Phi) is 6.33. The maximum atomic E-state index is 9.72. The van der Waals surface area contributed by atoms with Crippen LogP contribution in [0.2, 0.25) is 0 Å². The van der Waals surface area contributed by atoms with Crippen LogP contribution in [0.1, 0.15) is 11.0 Å². The highest BCUT2D eigenvalue weighted by atomic mass is 15.1. The molecule has 0 radical (unpaired) electrons. The summed E-state index contributed by atoms with van der Waals surface area (Å²) < 4.78 is 76.8. The van der Waals surface area contributed by atoms with Crippen molar-refractivity contribution in [1.82, 2.24) is 0 Å². The van der Waals surface area contributed by atoms with Gasteiger partial charge < -0.3 is 4.90 Å². The lowest BCUT2D eigenvalue weighted by atomic mass is 9.89. The van der Waals surface area contributed by atoms with E-state index < -0.39 is 24.2 Å². The molecule has 0 atom stereocenters. The van der Waals surface area contributed by atoms with Gasteiger partial charge in [0.2, 0.25) is 0 Å². The molecule has 1 nitrogen and oxygen atoms in total. The van der Waals surface area contributed by atoms with Crippen molar-refractivity contribution >= 4 is 49.4 Å². The summed E-state index contributed by atoms with van der Waals surface area (Å²) in [5.41, 5.74) is 4.81. The van der Waals surface area contributed by atoms with E-state index >= 15 is 0 Å². The molecular formula is C54H37N. The maximum absolute atomic E-state index is 9.72.